The van der Waals surface area contributed by atoms with E-state index in [1.807, 2.05) is 55.5 Å². The second kappa shape index (κ2) is 11.0. The highest BCUT2D eigenvalue weighted by Gasteiger charge is 2.17. The molecule has 0 saturated carbocycles. The first kappa shape index (κ1) is 24.7. The van der Waals surface area contributed by atoms with Gasteiger partial charge in [-0.15, -0.1) is 0 Å². The zero-order valence-corrected chi connectivity index (χ0v) is 20.9. The van der Waals surface area contributed by atoms with Crippen molar-refractivity contribution >= 4 is 40.5 Å². The van der Waals surface area contributed by atoms with Crippen LogP contribution >= 0.6 is 11.8 Å². The van der Waals surface area contributed by atoms with Crippen LogP contribution in [0.2, 0.25) is 0 Å². The third-order valence-electron chi connectivity index (χ3n) is 5.61. The predicted molar refractivity (Wildman–Crippen MR) is 146 cm³/mol. The molecule has 0 radical (unpaired) electrons. The van der Waals surface area contributed by atoms with Crippen LogP contribution in [0.4, 0.5) is 5.69 Å². The number of carbonyl (C=O) groups is 1. The summed E-state index contributed by atoms with van der Waals surface area (Å²) in [6.45, 7) is 2.01. The zero-order valence-electron chi connectivity index (χ0n) is 20.1. The van der Waals surface area contributed by atoms with Gasteiger partial charge in [0, 0.05) is 35.0 Å². The Bertz CT molecular complexity index is 1670. The van der Waals surface area contributed by atoms with Crippen LogP contribution in [0.3, 0.4) is 0 Å². The number of para-hydroxylation sites is 1. The molecule has 0 atom stereocenters. The van der Waals surface area contributed by atoms with Gasteiger partial charge < -0.3 is 0 Å². The molecule has 0 unspecified atom stereocenters. The largest absolute Gasteiger partial charge is 0.283 e. The summed E-state index contributed by atoms with van der Waals surface area (Å²) in [6.07, 6.45) is 4.50. The number of nitro groups is 1. The minimum absolute atomic E-state index is 0.111. The molecule has 0 spiro atoms. The molecule has 2 aromatic heterocycles. The van der Waals surface area contributed by atoms with E-state index < -0.39 is 10.8 Å². The molecule has 10 heteroatoms. The molecule has 5 aromatic rings. The van der Waals surface area contributed by atoms with Gasteiger partial charge in [0.2, 0.25) is 0 Å². The Morgan fingerprint density at radius 3 is 2.53 bits per heavy atom. The Labute approximate surface area is 221 Å². The fraction of sp³-hybridized carbons (Fsp3) is 0.0357. The summed E-state index contributed by atoms with van der Waals surface area (Å²) in [5, 5.41) is 16.8. The van der Waals surface area contributed by atoms with Gasteiger partial charge in [0.15, 0.2) is 5.16 Å². The van der Waals surface area contributed by atoms with Crippen LogP contribution in [0.25, 0.3) is 22.2 Å². The lowest BCUT2D eigenvalue weighted by molar-refractivity contribution is -0.387. The van der Waals surface area contributed by atoms with Crippen LogP contribution in [0.1, 0.15) is 21.5 Å². The van der Waals surface area contributed by atoms with Gasteiger partial charge in [-0.2, -0.15) is 5.10 Å². The van der Waals surface area contributed by atoms with E-state index in [-0.39, 0.29) is 5.69 Å². The number of nitrogens with one attached hydrogen (secondary N) is 1. The predicted octanol–water partition coefficient (Wildman–Crippen LogP) is 5.82. The number of amides is 1. The summed E-state index contributed by atoms with van der Waals surface area (Å²) in [5.74, 6) is -0.420. The van der Waals surface area contributed by atoms with E-state index in [0.717, 1.165) is 22.9 Å². The Balaban J connectivity index is 1.39. The number of nitro benzene ring substituents is 1. The molecule has 0 fully saturated rings. The van der Waals surface area contributed by atoms with E-state index in [2.05, 4.69) is 20.5 Å². The third kappa shape index (κ3) is 5.55. The van der Waals surface area contributed by atoms with Gasteiger partial charge in [0.1, 0.15) is 0 Å². The highest BCUT2D eigenvalue weighted by molar-refractivity contribution is 7.99. The lowest BCUT2D eigenvalue weighted by Crippen LogP contribution is -2.18. The van der Waals surface area contributed by atoms with E-state index >= 15 is 0 Å². The summed E-state index contributed by atoms with van der Waals surface area (Å²) in [4.78, 5) is 37.6. The SMILES string of the molecule is Cc1ccc(-c2cc(C(=O)N/N=C\c3ccc(Sc4ncccn4)c([N+](=O)[O-])c3)c3ccccc3n2)cc1. The maximum Gasteiger partial charge on any atom is 0.283 e. The van der Waals surface area contributed by atoms with Gasteiger partial charge in [-0.05, 0) is 43.0 Å². The van der Waals surface area contributed by atoms with Crippen molar-refractivity contribution in [2.24, 2.45) is 5.10 Å². The number of fused-ring (bicyclic) bond motifs is 1. The maximum atomic E-state index is 13.1. The van der Waals surface area contributed by atoms with Crippen molar-refractivity contribution < 1.29 is 9.72 Å². The van der Waals surface area contributed by atoms with Crippen LogP contribution in [-0.2, 0) is 0 Å². The fourth-order valence-corrected chi connectivity index (χ4v) is 4.54. The van der Waals surface area contributed by atoms with Gasteiger partial charge >= 0.3 is 0 Å². The van der Waals surface area contributed by atoms with Crippen molar-refractivity contribution in [3.8, 4) is 11.3 Å². The lowest BCUT2D eigenvalue weighted by Gasteiger charge is -2.09. The number of hydrogen-bond acceptors (Lipinski definition) is 8. The zero-order chi connectivity index (χ0) is 26.5. The Morgan fingerprint density at radius 2 is 1.76 bits per heavy atom. The first-order valence-electron chi connectivity index (χ1n) is 11.5. The number of hydrazone groups is 1. The van der Waals surface area contributed by atoms with Crippen molar-refractivity contribution in [1.82, 2.24) is 20.4 Å². The number of aryl methyl sites for hydroxylation is 1. The molecule has 9 nitrogen and oxygen atoms in total. The number of carbonyl (C=O) groups excluding carboxylic acids is 1. The second-order valence-electron chi connectivity index (χ2n) is 8.26. The molecule has 186 valence electrons. The summed E-state index contributed by atoms with van der Waals surface area (Å²) < 4.78 is 0. The van der Waals surface area contributed by atoms with Crippen LogP contribution in [0, 0.1) is 17.0 Å². The van der Waals surface area contributed by atoms with Gasteiger partial charge in [0.05, 0.1) is 32.8 Å². The average molecular weight is 521 g/mol. The molecule has 38 heavy (non-hydrogen) atoms. The summed E-state index contributed by atoms with van der Waals surface area (Å²) in [7, 11) is 0. The molecule has 0 aliphatic rings. The Kier molecular flexibility index (Phi) is 7.14. The van der Waals surface area contributed by atoms with Gasteiger partial charge in [-0.25, -0.2) is 20.4 Å². The van der Waals surface area contributed by atoms with E-state index in [1.54, 1.807) is 36.7 Å². The number of benzene rings is 3. The summed E-state index contributed by atoms with van der Waals surface area (Å²) in [5.41, 5.74) is 6.68. The molecule has 1 N–H and O–H groups in total. The van der Waals surface area contributed by atoms with Crippen molar-refractivity contribution in [1.29, 1.82) is 0 Å². The molecule has 0 saturated heterocycles. The smallest absolute Gasteiger partial charge is 0.267 e. The number of hydrogen-bond donors (Lipinski definition) is 1. The van der Waals surface area contributed by atoms with Gasteiger partial charge in [-0.3, -0.25) is 14.9 Å². The number of rotatable bonds is 7. The lowest BCUT2D eigenvalue weighted by atomic mass is 10.0. The fourth-order valence-electron chi connectivity index (χ4n) is 3.74. The van der Waals surface area contributed by atoms with E-state index in [1.165, 1.54) is 12.3 Å². The highest BCUT2D eigenvalue weighted by Crippen LogP contribution is 2.33. The van der Waals surface area contributed by atoms with Crippen LogP contribution in [0.15, 0.2) is 106 Å². The molecule has 0 aliphatic heterocycles. The van der Waals surface area contributed by atoms with Crippen molar-refractivity contribution in [3.05, 3.63) is 118 Å². The minimum Gasteiger partial charge on any atom is -0.267 e. The molecule has 1 amide bonds. The molecule has 0 bridgehead atoms. The maximum absolute atomic E-state index is 13.1. The molecular weight excluding hydrogens is 500 g/mol. The van der Waals surface area contributed by atoms with Gasteiger partial charge in [-0.1, -0.05) is 54.1 Å². The van der Waals surface area contributed by atoms with Crippen LogP contribution in [-0.4, -0.2) is 32.0 Å². The first-order chi connectivity index (χ1) is 18.5. The van der Waals surface area contributed by atoms with E-state index in [9.17, 15) is 14.9 Å². The highest BCUT2D eigenvalue weighted by atomic mass is 32.2. The molecule has 3 aromatic carbocycles. The minimum atomic E-state index is -0.475. The number of aromatic nitrogens is 3. The van der Waals surface area contributed by atoms with Crippen LogP contribution in [0.5, 0.6) is 0 Å². The Morgan fingerprint density at radius 1 is 1.00 bits per heavy atom. The third-order valence-corrected chi connectivity index (χ3v) is 6.57. The normalized spacial score (nSPS) is 11.1. The van der Waals surface area contributed by atoms with E-state index in [4.69, 9.17) is 4.98 Å². The van der Waals surface area contributed by atoms with E-state index in [0.29, 0.717) is 37.8 Å². The topological polar surface area (TPSA) is 123 Å². The Hall–Kier alpha value is -4.96. The molecule has 0 aliphatic carbocycles. The number of pyridine rings is 1. The summed E-state index contributed by atoms with van der Waals surface area (Å²) >= 11 is 1.09. The second-order valence-corrected chi connectivity index (χ2v) is 9.26. The molecule has 2 heterocycles. The summed E-state index contributed by atoms with van der Waals surface area (Å²) in [6, 6.07) is 23.4. The van der Waals surface area contributed by atoms with Crippen molar-refractivity contribution in [2.45, 2.75) is 17.0 Å². The monoisotopic (exact) mass is 520 g/mol. The van der Waals surface area contributed by atoms with Crippen molar-refractivity contribution in [2.75, 3.05) is 0 Å². The number of nitrogens with zero attached hydrogens (tertiary/aromatic N) is 5. The van der Waals surface area contributed by atoms with Crippen molar-refractivity contribution in [3.63, 3.8) is 0 Å². The van der Waals surface area contributed by atoms with Gasteiger partial charge in [0.25, 0.3) is 11.6 Å². The molecular formula is C28H20N6O3S. The van der Waals surface area contributed by atoms with Crippen LogP contribution < -0.4 is 5.43 Å². The average Bonchev–Trinajstić information content (AvgIpc) is 2.94. The standard InChI is InChI=1S/C28H20N6O3S/c1-18-7-10-20(11-8-18)24-16-22(21-5-2-3-6-23(21)32-24)27(35)33-31-17-19-9-12-26(25(15-19)34(36)37)38-28-29-13-4-14-30-28/h2-17H,1H3,(H,33,35)/b31-17-. The first-order valence-corrected chi connectivity index (χ1v) is 12.3. The quantitative estimate of drug-likeness (QED) is 0.124. The molecule has 5 rings (SSSR count).